The third kappa shape index (κ3) is 4.43. The highest BCUT2D eigenvalue weighted by Gasteiger charge is 2.26. The van der Waals surface area contributed by atoms with Gasteiger partial charge >= 0.3 is 0 Å². The topological polar surface area (TPSA) is 53.2 Å². The number of nitrogens with zero attached hydrogens (tertiary/aromatic N) is 2. The van der Waals surface area contributed by atoms with Gasteiger partial charge in [0.15, 0.2) is 0 Å². The molecule has 30 heavy (non-hydrogen) atoms. The van der Waals surface area contributed by atoms with Crippen LogP contribution in [0.4, 0.5) is 0 Å². The Kier molecular flexibility index (Phi) is 5.84. The fraction of sp³-hybridized carbons (Fsp3) is 0.480. The molecule has 2 aliphatic rings. The number of aromatic amines is 1. The summed E-state index contributed by atoms with van der Waals surface area (Å²) in [7, 11) is 2.19. The van der Waals surface area contributed by atoms with Gasteiger partial charge in [0.05, 0.1) is 17.1 Å². The fourth-order valence-electron chi connectivity index (χ4n) is 4.55. The summed E-state index contributed by atoms with van der Waals surface area (Å²) in [5.74, 6) is 1.74. The van der Waals surface area contributed by atoms with Gasteiger partial charge in [-0.3, -0.25) is 0 Å². The average molecular weight is 405 g/mol. The van der Waals surface area contributed by atoms with Gasteiger partial charge in [-0.15, -0.1) is 0 Å². The highest BCUT2D eigenvalue weighted by atomic mass is 16.5. The van der Waals surface area contributed by atoms with Crippen LogP contribution in [0, 0.1) is 5.92 Å². The number of hydrogen-bond donors (Lipinski definition) is 2. The normalized spacial score (nSPS) is 19.8. The SMILES string of the molecule is CN1CCC(OC(c2cccc(CCC3CNC3)c2)c2nc3ccccc3[nH]2)CC1. The van der Waals surface area contributed by atoms with Crippen LogP contribution in [-0.4, -0.2) is 54.2 Å². The maximum absolute atomic E-state index is 6.72. The summed E-state index contributed by atoms with van der Waals surface area (Å²) < 4.78 is 6.72. The van der Waals surface area contributed by atoms with E-state index >= 15 is 0 Å². The first-order valence-electron chi connectivity index (χ1n) is 11.3. The maximum atomic E-state index is 6.72. The lowest BCUT2D eigenvalue weighted by atomic mass is 9.93. The van der Waals surface area contributed by atoms with Crippen molar-refractivity contribution < 1.29 is 4.74 Å². The van der Waals surface area contributed by atoms with E-state index in [1.54, 1.807) is 0 Å². The lowest BCUT2D eigenvalue weighted by Gasteiger charge is -2.31. The highest BCUT2D eigenvalue weighted by Crippen LogP contribution is 2.30. The van der Waals surface area contributed by atoms with Gasteiger partial charge in [-0.2, -0.15) is 0 Å². The number of piperidine rings is 1. The maximum Gasteiger partial charge on any atom is 0.141 e. The van der Waals surface area contributed by atoms with E-state index in [-0.39, 0.29) is 12.2 Å². The predicted molar refractivity (Wildman–Crippen MR) is 121 cm³/mol. The largest absolute Gasteiger partial charge is 0.362 e. The van der Waals surface area contributed by atoms with E-state index in [0.29, 0.717) is 0 Å². The van der Waals surface area contributed by atoms with Crippen molar-refractivity contribution >= 4 is 11.0 Å². The van der Waals surface area contributed by atoms with Crippen molar-refractivity contribution in [3.63, 3.8) is 0 Å². The van der Waals surface area contributed by atoms with Crippen molar-refractivity contribution in [3.05, 3.63) is 65.5 Å². The molecule has 1 aromatic heterocycles. The number of ether oxygens (including phenoxy) is 1. The minimum atomic E-state index is -0.156. The quantitative estimate of drug-likeness (QED) is 0.627. The molecular weight excluding hydrogens is 372 g/mol. The first-order chi connectivity index (χ1) is 14.7. The summed E-state index contributed by atoms with van der Waals surface area (Å²) in [4.78, 5) is 10.8. The minimum Gasteiger partial charge on any atom is -0.362 e. The molecule has 0 amide bonds. The van der Waals surface area contributed by atoms with E-state index in [2.05, 4.69) is 58.6 Å². The molecule has 1 unspecified atom stereocenters. The number of hydrogen-bond acceptors (Lipinski definition) is 4. The van der Waals surface area contributed by atoms with Gasteiger partial charge in [0, 0.05) is 13.1 Å². The molecule has 0 radical (unpaired) electrons. The molecule has 2 fully saturated rings. The minimum absolute atomic E-state index is 0.156. The second-order valence-corrected chi connectivity index (χ2v) is 8.97. The third-order valence-electron chi connectivity index (χ3n) is 6.61. The van der Waals surface area contributed by atoms with Crippen LogP contribution in [0.2, 0.25) is 0 Å². The van der Waals surface area contributed by atoms with E-state index < -0.39 is 0 Å². The number of fused-ring (bicyclic) bond motifs is 1. The molecule has 1 atom stereocenters. The van der Waals surface area contributed by atoms with Crippen LogP contribution in [0.15, 0.2) is 48.5 Å². The first kappa shape index (κ1) is 19.7. The summed E-state index contributed by atoms with van der Waals surface area (Å²) in [5, 5.41) is 3.37. The standard InChI is InChI=1S/C25H32N4O/c1-29-13-11-21(12-14-29)30-24(25-27-22-7-2-3-8-23(22)28-25)20-6-4-5-18(15-20)9-10-19-16-26-17-19/h2-8,15,19,21,24,26H,9-14,16-17H2,1H3,(H,27,28). The zero-order valence-electron chi connectivity index (χ0n) is 17.8. The van der Waals surface area contributed by atoms with E-state index in [9.17, 15) is 0 Å². The smallest absolute Gasteiger partial charge is 0.141 e. The number of nitrogens with one attached hydrogen (secondary N) is 2. The number of likely N-dealkylation sites (tertiary alicyclic amines) is 1. The molecule has 5 nitrogen and oxygen atoms in total. The van der Waals surface area contributed by atoms with Crippen LogP contribution in [0.5, 0.6) is 0 Å². The molecule has 0 aliphatic carbocycles. The zero-order chi connectivity index (χ0) is 20.3. The Morgan fingerprint density at radius 2 is 1.93 bits per heavy atom. The van der Waals surface area contributed by atoms with E-state index in [1.807, 2.05) is 12.1 Å². The van der Waals surface area contributed by atoms with Gasteiger partial charge in [0.1, 0.15) is 11.9 Å². The molecule has 2 N–H and O–H groups in total. The molecule has 3 aromatic rings. The number of aryl methyl sites for hydroxylation is 1. The second-order valence-electron chi connectivity index (χ2n) is 8.97. The Morgan fingerprint density at radius 1 is 1.10 bits per heavy atom. The summed E-state index contributed by atoms with van der Waals surface area (Å²) in [6, 6.07) is 17.2. The number of para-hydroxylation sites is 2. The second kappa shape index (κ2) is 8.88. The van der Waals surface area contributed by atoms with E-state index in [4.69, 9.17) is 9.72 Å². The Balaban J connectivity index is 1.41. The molecule has 2 saturated heterocycles. The van der Waals surface area contributed by atoms with Gasteiger partial charge in [0.25, 0.3) is 0 Å². The van der Waals surface area contributed by atoms with E-state index in [1.165, 1.54) is 30.6 Å². The van der Waals surface area contributed by atoms with Crippen LogP contribution >= 0.6 is 0 Å². The average Bonchev–Trinajstić information content (AvgIpc) is 3.16. The summed E-state index contributed by atoms with van der Waals surface area (Å²) >= 11 is 0. The molecule has 3 heterocycles. The van der Waals surface area contributed by atoms with E-state index in [0.717, 1.165) is 55.1 Å². The Labute approximate surface area is 178 Å². The number of imidazole rings is 1. The van der Waals surface area contributed by atoms with Crippen molar-refractivity contribution in [2.75, 3.05) is 33.2 Å². The first-order valence-corrected chi connectivity index (χ1v) is 11.3. The molecule has 158 valence electrons. The summed E-state index contributed by atoms with van der Waals surface area (Å²) in [6.45, 7) is 4.51. The number of benzene rings is 2. The van der Waals surface area contributed by atoms with Gasteiger partial charge in [-0.1, -0.05) is 36.4 Å². The zero-order valence-corrected chi connectivity index (χ0v) is 17.8. The molecule has 0 saturated carbocycles. The van der Waals surface area contributed by atoms with Crippen molar-refractivity contribution in [1.82, 2.24) is 20.2 Å². The molecule has 0 spiro atoms. The van der Waals surface area contributed by atoms with Crippen LogP contribution in [0.1, 0.15) is 42.3 Å². The summed E-state index contributed by atoms with van der Waals surface area (Å²) in [5.41, 5.74) is 4.67. The Bertz CT molecular complexity index is 939. The van der Waals surface area contributed by atoms with Gasteiger partial charge in [0.2, 0.25) is 0 Å². The van der Waals surface area contributed by atoms with Crippen molar-refractivity contribution in [1.29, 1.82) is 0 Å². The Hall–Kier alpha value is -2.21. The number of rotatable bonds is 7. The van der Waals surface area contributed by atoms with Crippen molar-refractivity contribution in [2.24, 2.45) is 5.92 Å². The van der Waals surface area contributed by atoms with Crippen molar-refractivity contribution in [2.45, 2.75) is 37.9 Å². The number of aromatic nitrogens is 2. The van der Waals surface area contributed by atoms with Crippen LogP contribution in [0.3, 0.4) is 0 Å². The van der Waals surface area contributed by atoms with Crippen LogP contribution < -0.4 is 5.32 Å². The van der Waals surface area contributed by atoms with Gasteiger partial charge < -0.3 is 19.9 Å². The predicted octanol–water partition coefficient (Wildman–Crippen LogP) is 3.92. The monoisotopic (exact) mass is 404 g/mol. The summed E-state index contributed by atoms with van der Waals surface area (Å²) in [6.07, 6.45) is 4.63. The lowest BCUT2D eigenvalue weighted by Crippen LogP contribution is -2.42. The molecule has 0 bridgehead atoms. The van der Waals surface area contributed by atoms with Gasteiger partial charge in [-0.25, -0.2) is 4.98 Å². The Morgan fingerprint density at radius 3 is 2.70 bits per heavy atom. The third-order valence-corrected chi connectivity index (χ3v) is 6.61. The lowest BCUT2D eigenvalue weighted by molar-refractivity contribution is -0.0264. The van der Waals surface area contributed by atoms with Crippen LogP contribution in [0.25, 0.3) is 11.0 Å². The number of H-pyrrole nitrogens is 1. The fourth-order valence-corrected chi connectivity index (χ4v) is 4.55. The van der Waals surface area contributed by atoms with Gasteiger partial charge in [-0.05, 0) is 75.0 Å². The molecule has 5 rings (SSSR count). The molecule has 2 aliphatic heterocycles. The highest BCUT2D eigenvalue weighted by molar-refractivity contribution is 5.74. The molecule has 5 heteroatoms. The molecule has 2 aromatic carbocycles. The van der Waals surface area contributed by atoms with Crippen LogP contribution in [-0.2, 0) is 11.2 Å². The van der Waals surface area contributed by atoms with Crippen molar-refractivity contribution in [3.8, 4) is 0 Å². The molecular formula is C25H32N4O.